The van der Waals surface area contributed by atoms with Gasteiger partial charge < -0.3 is 5.11 Å². The molecule has 6 atom stereocenters. The van der Waals surface area contributed by atoms with Gasteiger partial charge in [-0.25, -0.2) is 0 Å². The fraction of sp³-hybridized carbons (Fsp3) is 0.929. The van der Waals surface area contributed by atoms with Crippen molar-refractivity contribution < 1.29 is 5.11 Å². The largest absolute Gasteiger partial charge is 0.393 e. The molecule has 1 nitrogen and oxygen atoms in total. The summed E-state index contributed by atoms with van der Waals surface area (Å²) in [6.07, 6.45) is 19.6. The summed E-state index contributed by atoms with van der Waals surface area (Å²) in [6.45, 7) is 16.5. The first-order valence-electron chi connectivity index (χ1n) is 12.9. The second kappa shape index (κ2) is 10.8. The summed E-state index contributed by atoms with van der Waals surface area (Å²) < 4.78 is 0. The summed E-state index contributed by atoms with van der Waals surface area (Å²) in [5, 5.41) is 9.60. The van der Waals surface area contributed by atoms with Gasteiger partial charge in [0, 0.05) is 0 Å². The fourth-order valence-electron chi connectivity index (χ4n) is 6.88. The Balaban J connectivity index is 1.92. The molecule has 0 amide bonds. The molecule has 0 aliphatic heterocycles. The van der Waals surface area contributed by atoms with Crippen LogP contribution in [0.15, 0.2) is 12.2 Å². The summed E-state index contributed by atoms with van der Waals surface area (Å²) in [5.41, 5.74) is 0.800. The molecule has 2 fully saturated rings. The lowest BCUT2D eigenvalue weighted by Crippen LogP contribution is -2.39. The van der Waals surface area contributed by atoms with Crippen molar-refractivity contribution in [2.45, 2.75) is 125 Å². The number of aliphatic hydroxyl groups excluding tert-OH is 1. The van der Waals surface area contributed by atoms with Crippen molar-refractivity contribution in [2.24, 2.45) is 40.4 Å². The van der Waals surface area contributed by atoms with Gasteiger partial charge in [0.25, 0.3) is 0 Å². The van der Waals surface area contributed by atoms with Gasteiger partial charge in [-0.05, 0) is 92.3 Å². The van der Waals surface area contributed by atoms with Gasteiger partial charge in [0.15, 0.2) is 0 Å². The molecule has 0 bridgehead atoms. The lowest BCUT2D eigenvalue weighted by atomic mass is 9.58. The minimum absolute atomic E-state index is 0.181. The molecule has 170 valence electrons. The van der Waals surface area contributed by atoms with Crippen molar-refractivity contribution in [3.63, 3.8) is 0 Å². The molecule has 0 heterocycles. The van der Waals surface area contributed by atoms with Crippen LogP contribution in [0.5, 0.6) is 0 Å². The molecule has 0 aromatic carbocycles. The first-order valence-corrected chi connectivity index (χ1v) is 12.9. The van der Waals surface area contributed by atoms with Gasteiger partial charge in [0.2, 0.25) is 0 Å². The Morgan fingerprint density at radius 1 is 1.03 bits per heavy atom. The summed E-state index contributed by atoms with van der Waals surface area (Å²) in [4.78, 5) is 0. The number of hydrogen-bond acceptors (Lipinski definition) is 1. The van der Waals surface area contributed by atoms with E-state index in [1.807, 2.05) is 6.92 Å². The van der Waals surface area contributed by atoms with Gasteiger partial charge in [-0.2, -0.15) is 0 Å². The van der Waals surface area contributed by atoms with E-state index in [9.17, 15) is 5.11 Å². The standard InChI is InChI=1S/C28H52O/c1-21(2)11-8-12-22(3)25-15-16-26-24(14-10-19-28(25,26)7)13-9-18-27(5,6)20-17-23(4)29/h9,18,21-26,29H,8,10-17,19-20H2,1-7H3/b18-9-/t22-,23-,24-,25-,26+,28?/m1/s1. The summed E-state index contributed by atoms with van der Waals surface area (Å²) in [5.74, 6) is 4.54. The molecule has 0 aromatic heterocycles. The highest BCUT2D eigenvalue weighted by Gasteiger charge is 2.51. The van der Waals surface area contributed by atoms with Crippen LogP contribution in [0, 0.1) is 40.4 Å². The lowest BCUT2D eigenvalue weighted by molar-refractivity contribution is 0.0292. The number of fused-ring (bicyclic) bond motifs is 1. The van der Waals surface area contributed by atoms with Gasteiger partial charge in [0.05, 0.1) is 6.10 Å². The fourth-order valence-corrected chi connectivity index (χ4v) is 6.88. The molecule has 2 aliphatic rings. The highest BCUT2D eigenvalue weighted by molar-refractivity contribution is 5.04. The first-order chi connectivity index (χ1) is 13.5. The smallest absolute Gasteiger partial charge is 0.0512 e. The molecular formula is C28H52O. The highest BCUT2D eigenvalue weighted by Crippen LogP contribution is 2.60. The second-order valence-electron chi connectivity index (χ2n) is 12.3. The number of hydrogen-bond donors (Lipinski definition) is 1. The molecular weight excluding hydrogens is 352 g/mol. The second-order valence-corrected chi connectivity index (χ2v) is 12.3. The van der Waals surface area contributed by atoms with Gasteiger partial charge in [-0.3, -0.25) is 0 Å². The van der Waals surface area contributed by atoms with Gasteiger partial charge in [-0.15, -0.1) is 0 Å². The number of allylic oxidation sites excluding steroid dienone is 2. The first kappa shape index (κ1) is 25.0. The third-order valence-corrected chi connectivity index (χ3v) is 8.68. The van der Waals surface area contributed by atoms with Crippen LogP contribution in [0.3, 0.4) is 0 Å². The van der Waals surface area contributed by atoms with E-state index in [1.54, 1.807) is 0 Å². The van der Waals surface area contributed by atoms with Crippen LogP contribution < -0.4 is 0 Å². The highest BCUT2D eigenvalue weighted by atomic mass is 16.3. The molecule has 0 radical (unpaired) electrons. The van der Waals surface area contributed by atoms with Crippen LogP contribution in [-0.2, 0) is 0 Å². The van der Waals surface area contributed by atoms with Crippen LogP contribution in [0.1, 0.15) is 119 Å². The van der Waals surface area contributed by atoms with Crippen LogP contribution in [0.25, 0.3) is 0 Å². The van der Waals surface area contributed by atoms with Crippen LogP contribution in [-0.4, -0.2) is 11.2 Å². The average Bonchev–Trinajstić information content (AvgIpc) is 2.97. The molecule has 0 saturated heterocycles. The van der Waals surface area contributed by atoms with E-state index in [4.69, 9.17) is 0 Å². The Kier molecular flexibility index (Phi) is 9.32. The van der Waals surface area contributed by atoms with Gasteiger partial charge in [0.1, 0.15) is 0 Å². The third-order valence-electron chi connectivity index (χ3n) is 8.68. The predicted octanol–water partition coefficient (Wildman–Crippen LogP) is 8.41. The zero-order valence-corrected chi connectivity index (χ0v) is 20.8. The van der Waals surface area contributed by atoms with Crippen molar-refractivity contribution in [3.05, 3.63) is 12.2 Å². The van der Waals surface area contributed by atoms with E-state index in [1.165, 1.54) is 57.8 Å². The monoisotopic (exact) mass is 404 g/mol. The molecule has 0 spiro atoms. The quantitative estimate of drug-likeness (QED) is 0.343. The van der Waals surface area contributed by atoms with Crippen molar-refractivity contribution in [1.82, 2.24) is 0 Å². The van der Waals surface area contributed by atoms with Gasteiger partial charge >= 0.3 is 0 Å². The number of aliphatic hydroxyl groups is 1. The normalized spacial score (nSPS) is 32.7. The molecule has 29 heavy (non-hydrogen) atoms. The maximum atomic E-state index is 9.60. The Morgan fingerprint density at radius 3 is 2.41 bits per heavy atom. The van der Waals surface area contributed by atoms with Crippen molar-refractivity contribution in [3.8, 4) is 0 Å². The van der Waals surface area contributed by atoms with Gasteiger partial charge in [-0.1, -0.05) is 79.4 Å². The summed E-state index contributed by atoms with van der Waals surface area (Å²) >= 11 is 0. The van der Waals surface area contributed by atoms with Crippen LogP contribution in [0.2, 0.25) is 0 Å². The van der Waals surface area contributed by atoms with Crippen molar-refractivity contribution in [1.29, 1.82) is 0 Å². The Hall–Kier alpha value is -0.300. The van der Waals surface area contributed by atoms with E-state index in [2.05, 4.69) is 53.7 Å². The average molecular weight is 405 g/mol. The topological polar surface area (TPSA) is 20.2 Å². The Bertz CT molecular complexity index is 502. The maximum absolute atomic E-state index is 9.60. The zero-order chi connectivity index (χ0) is 21.7. The van der Waals surface area contributed by atoms with E-state index in [0.717, 1.165) is 42.4 Å². The molecule has 1 unspecified atom stereocenters. The maximum Gasteiger partial charge on any atom is 0.0512 e. The van der Waals surface area contributed by atoms with Crippen LogP contribution >= 0.6 is 0 Å². The van der Waals surface area contributed by atoms with E-state index in [0.29, 0.717) is 5.41 Å². The lowest BCUT2D eigenvalue weighted by Gasteiger charge is -2.47. The van der Waals surface area contributed by atoms with E-state index in [-0.39, 0.29) is 11.5 Å². The molecule has 2 aliphatic carbocycles. The van der Waals surface area contributed by atoms with E-state index >= 15 is 0 Å². The third kappa shape index (κ3) is 7.12. The minimum atomic E-state index is -0.181. The van der Waals surface area contributed by atoms with Crippen LogP contribution in [0.4, 0.5) is 0 Å². The molecule has 2 saturated carbocycles. The Labute approximate surface area is 183 Å². The molecule has 1 heteroatoms. The summed E-state index contributed by atoms with van der Waals surface area (Å²) in [6, 6.07) is 0. The van der Waals surface area contributed by atoms with E-state index < -0.39 is 0 Å². The number of rotatable bonds is 11. The minimum Gasteiger partial charge on any atom is -0.393 e. The van der Waals surface area contributed by atoms with Crippen molar-refractivity contribution in [2.75, 3.05) is 0 Å². The summed E-state index contributed by atoms with van der Waals surface area (Å²) in [7, 11) is 0. The zero-order valence-electron chi connectivity index (χ0n) is 20.8. The Morgan fingerprint density at radius 2 is 1.76 bits per heavy atom. The SMILES string of the molecule is CC(C)CCC[C@@H](C)[C@H]1CC[C@H]2[C@H](C/C=C\C(C)(C)CC[C@@H](C)O)CCCC12C. The molecule has 2 rings (SSSR count). The van der Waals surface area contributed by atoms with Crippen molar-refractivity contribution >= 4 is 0 Å². The predicted molar refractivity (Wildman–Crippen MR) is 128 cm³/mol. The molecule has 1 N–H and O–H groups in total. The molecule has 0 aromatic rings.